The van der Waals surface area contributed by atoms with E-state index in [0.29, 0.717) is 5.69 Å². The quantitative estimate of drug-likeness (QED) is 0.880. The Morgan fingerprint density at radius 2 is 1.75 bits per heavy atom. The van der Waals surface area contributed by atoms with Crippen molar-refractivity contribution in [3.63, 3.8) is 0 Å². The SMILES string of the molecule is CNc1nc(Nc2ccc(Br)cc2)cc(C(F)(F)F)n1. The van der Waals surface area contributed by atoms with E-state index in [1.54, 1.807) is 24.3 Å². The molecule has 0 atom stereocenters. The lowest BCUT2D eigenvalue weighted by molar-refractivity contribution is -0.141. The van der Waals surface area contributed by atoms with Crippen molar-refractivity contribution in [3.8, 4) is 0 Å². The third-order valence-corrected chi connectivity index (χ3v) is 2.89. The summed E-state index contributed by atoms with van der Waals surface area (Å²) in [7, 11) is 1.46. The molecular formula is C12H10BrF3N4. The van der Waals surface area contributed by atoms with Crippen LogP contribution in [0.25, 0.3) is 0 Å². The summed E-state index contributed by atoms with van der Waals surface area (Å²) < 4.78 is 39.0. The fourth-order valence-corrected chi connectivity index (χ4v) is 1.71. The summed E-state index contributed by atoms with van der Waals surface area (Å²) in [5.41, 5.74) is -0.376. The fraction of sp³-hybridized carbons (Fsp3) is 0.167. The minimum absolute atomic E-state index is 0.0685. The summed E-state index contributed by atoms with van der Waals surface area (Å²) in [5.74, 6) is -0.0292. The lowest BCUT2D eigenvalue weighted by Gasteiger charge is -2.11. The van der Waals surface area contributed by atoms with E-state index in [4.69, 9.17) is 0 Å². The van der Waals surface area contributed by atoms with Crippen molar-refractivity contribution in [2.24, 2.45) is 0 Å². The van der Waals surface area contributed by atoms with Gasteiger partial charge in [-0.05, 0) is 24.3 Å². The first-order valence-corrected chi connectivity index (χ1v) is 6.34. The van der Waals surface area contributed by atoms with E-state index in [1.165, 1.54) is 7.05 Å². The van der Waals surface area contributed by atoms with Gasteiger partial charge in [-0.3, -0.25) is 0 Å². The molecule has 20 heavy (non-hydrogen) atoms. The number of nitrogens with one attached hydrogen (secondary N) is 2. The molecule has 1 heterocycles. The van der Waals surface area contributed by atoms with E-state index in [2.05, 4.69) is 36.5 Å². The molecule has 0 aliphatic carbocycles. The van der Waals surface area contributed by atoms with Crippen LogP contribution >= 0.6 is 15.9 Å². The summed E-state index contributed by atoms with van der Waals surface area (Å²) in [4.78, 5) is 7.32. The maximum absolute atomic E-state index is 12.7. The van der Waals surface area contributed by atoms with E-state index in [1.807, 2.05) is 0 Å². The van der Waals surface area contributed by atoms with Crippen molar-refractivity contribution >= 4 is 33.4 Å². The van der Waals surface area contributed by atoms with Crippen LogP contribution in [0.3, 0.4) is 0 Å². The molecule has 2 aromatic rings. The molecule has 0 saturated heterocycles. The Bertz CT molecular complexity index is 599. The van der Waals surface area contributed by atoms with Gasteiger partial charge in [0.05, 0.1) is 0 Å². The zero-order valence-electron chi connectivity index (χ0n) is 10.3. The Morgan fingerprint density at radius 1 is 1.10 bits per heavy atom. The van der Waals surface area contributed by atoms with Gasteiger partial charge in [0.25, 0.3) is 0 Å². The van der Waals surface area contributed by atoms with E-state index in [9.17, 15) is 13.2 Å². The monoisotopic (exact) mass is 346 g/mol. The van der Waals surface area contributed by atoms with Gasteiger partial charge in [-0.2, -0.15) is 18.2 Å². The Hall–Kier alpha value is -1.83. The summed E-state index contributed by atoms with van der Waals surface area (Å²) in [5, 5.41) is 5.31. The number of aromatic nitrogens is 2. The lowest BCUT2D eigenvalue weighted by atomic mass is 10.3. The average Bonchev–Trinajstić information content (AvgIpc) is 2.40. The van der Waals surface area contributed by atoms with Crippen LogP contribution in [-0.2, 0) is 6.18 Å². The number of benzene rings is 1. The van der Waals surface area contributed by atoms with Gasteiger partial charge in [-0.1, -0.05) is 15.9 Å². The highest BCUT2D eigenvalue weighted by Gasteiger charge is 2.33. The van der Waals surface area contributed by atoms with Crippen LogP contribution in [-0.4, -0.2) is 17.0 Å². The molecule has 2 N–H and O–H groups in total. The molecule has 0 bridgehead atoms. The fourth-order valence-electron chi connectivity index (χ4n) is 1.45. The number of nitrogens with zero attached hydrogens (tertiary/aromatic N) is 2. The Kier molecular flexibility index (Phi) is 4.12. The Morgan fingerprint density at radius 3 is 2.30 bits per heavy atom. The molecule has 8 heteroatoms. The predicted octanol–water partition coefficient (Wildman–Crippen LogP) is 4.04. The molecular weight excluding hydrogens is 337 g/mol. The normalized spacial score (nSPS) is 11.2. The molecule has 0 aliphatic rings. The van der Waals surface area contributed by atoms with Gasteiger partial charge in [0, 0.05) is 23.3 Å². The van der Waals surface area contributed by atoms with Crippen LogP contribution in [0, 0.1) is 0 Å². The van der Waals surface area contributed by atoms with Crippen molar-refractivity contribution in [1.82, 2.24) is 9.97 Å². The average molecular weight is 347 g/mol. The topological polar surface area (TPSA) is 49.8 Å². The molecule has 0 unspecified atom stereocenters. The number of alkyl halides is 3. The highest BCUT2D eigenvalue weighted by Crippen LogP contribution is 2.30. The molecule has 0 fully saturated rings. The molecule has 106 valence electrons. The summed E-state index contributed by atoms with van der Waals surface area (Å²) in [6.07, 6.45) is -4.52. The largest absolute Gasteiger partial charge is 0.433 e. The van der Waals surface area contributed by atoms with Gasteiger partial charge in [0.15, 0.2) is 5.69 Å². The molecule has 4 nitrogen and oxygen atoms in total. The van der Waals surface area contributed by atoms with E-state index in [0.717, 1.165) is 10.5 Å². The standard InChI is InChI=1S/C12H10BrF3N4/c1-17-11-19-9(12(14,15)16)6-10(20-11)18-8-4-2-7(13)3-5-8/h2-6H,1H3,(H2,17,18,19,20). The molecule has 0 radical (unpaired) electrons. The Balaban J connectivity index is 2.33. The second-order valence-electron chi connectivity index (χ2n) is 3.84. The minimum Gasteiger partial charge on any atom is -0.357 e. The molecule has 0 saturated carbocycles. The van der Waals surface area contributed by atoms with Crippen LogP contribution in [0.15, 0.2) is 34.8 Å². The number of hydrogen-bond acceptors (Lipinski definition) is 4. The van der Waals surface area contributed by atoms with Crippen LogP contribution < -0.4 is 10.6 Å². The van der Waals surface area contributed by atoms with E-state index in [-0.39, 0.29) is 11.8 Å². The van der Waals surface area contributed by atoms with Crippen LogP contribution in [0.4, 0.5) is 30.6 Å². The van der Waals surface area contributed by atoms with Gasteiger partial charge in [0.2, 0.25) is 5.95 Å². The van der Waals surface area contributed by atoms with Gasteiger partial charge < -0.3 is 10.6 Å². The maximum Gasteiger partial charge on any atom is 0.433 e. The molecule has 1 aromatic heterocycles. The van der Waals surface area contributed by atoms with Crippen molar-refractivity contribution in [1.29, 1.82) is 0 Å². The van der Waals surface area contributed by atoms with Crippen molar-refractivity contribution in [3.05, 3.63) is 40.5 Å². The van der Waals surface area contributed by atoms with Crippen LogP contribution in [0.5, 0.6) is 0 Å². The number of anilines is 3. The molecule has 0 aliphatic heterocycles. The van der Waals surface area contributed by atoms with Crippen LogP contribution in [0.1, 0.15) is 5.69 Å². The molecule has 0 amide bonds. The predicted molar refractivity (Wildman–Crippen MR) is 74.0 cm³/mol. The number of halogens is 4. The Labute approximate surface area is 121 Å². The van der Waals surface area contributed by atoms with Crippen molar-refractivity contribution in [2.75, 3.05) is 17.7 Å². The summed E-state index contributed by atoms with van der Waals surface area (Å²) >= 11 is 3.28. The second-order valence-corrected chi connectivity index (χ2v) is 4.76. The highest BCUT2D eigenvalue weighted by atomic mass is 79.9. The van der Waals surface area contributed by atoms with Gasteiger partial charge in [-0.15, -0.1) is 0 Å². The third-order valence-electron chi connectivity index (χ3n) is 2.36. The number of rotatable bonds is 3. The molecule has 0 spiro atoms. The highest BCUT2D eigenvalue weighted by molar-refractivity contribution is 9.10. The first-order valence-electron chi connectivity index (χ1n) is 5.55. The van der Waals surface area contributed by atoms with Crippen LogP contribution in [0.2, 0.25) is 0 Å². The zero-order chi connectivity index (χ0) is 14.8. The summed E-state index contributed by atoms with van der Waals surface area (Å²) in [6.45, 7) is 0. The molecule has 1 aromatic carbocycles. The van der Waals surface area contributed by atoms with E-state index >= 15 is 0 Å². The summed E-state index contributed by atoms with van der Waals surface area (Å²) in [6, 6.07) is 7.85. The van der Waals surface area contributed by atoms with Gasteiger partial charge >= 0.3 is 6.18 Å². The maximum atomic E-state index is 12.7. The van der Waals surface area contributed by atoms with Crippen molar-refractivity contribution < 1.29 is 13.2 Å². The lowest BCUT2D eigenvalue weighted by Crippen LogP contribution is -2.12. The first kappa shape index (κ1) is 14.6. The first-order chi connectivity index (χ1) is 9.38. The van der Waals surface area contributed by atoms with Crippen molar-refractivity contribution in [2.45, 2.75) is 6.18 Å². The van der Waals surface area contributed by atoms with E-state index < -0.39 is 11.9 Å². The molecule has 2 rings (SSSR count). The second kappa shape index (κ2) is 5.66. The van der Waals surface area contributed by atoms with Gasteiger partial charge in [-0.25, -0.2) is 4.98 Å². The number of hydrogen-bond donors (Lipinski definition) is 2. The third kappa shape index (κ3) is 3.60. The smallest absolute Gasteiger partial charge is 0.357 e. The zero-order valence-corrected chi connectivity index (χ0v) is 11.9. The van der Waals surface area contributed by atoms with Gasteiger partial charge in [0.1, 0.15) is 5.82 Å². The minimum atomic E-state index is -4.52.